The highest BCUT2D eigenvalue weighted by Gasteiger charge is 2.30. The van der Waals surface area contributed by atoms with Gasteiger partial charge in [-0.3, -0.25) is 4.79 Å². The third kappa shape index (κ3) is 5.96. The van der Waals surface area contributed by atoms with Crippen molar-refractivity contribution in [3.05, 3.63) is 0 Å². The first-order valence-corrected chi connectivity index (χ1v) is 6.54. The molecule has 0 amide bonds. The van der Waals surface area contributed by atoms with Gasteiger partial charge in [0.2, 0.25) is 0 Å². The molecule has 2 aliphatic carbocycles. The van der Waals surface area contributed by atoms with Gasteiger partial charge in [0.05, 0.1) is 0 Å². The fraction of sp³-hybridized carbons (Fsp3) is 0.929. The van der Waals surface area contributed by atoms with E-state index in [4.69, 9.17) is 0 Å². The molecule has 0 atom stereocenters. The van der Waals surface area contributed by atoms with Gasteiger partial charge in [-0.05, 0) is 31.1 Å². The maximum atomic E-state index is 10.9. The molecule has 1 nitrogen and oxygen atoms in total. The monoisotopic (exact) mass is 210 g/mol. The van der Waals surface area contributed by atoms with Crippen LogP contribution in [-0.2, 0) is 4.79 Å². The smallest absolute Gasteiger partial charge is 0.138 e. The lowest BCUT2D eigenvalue weighted by Gasteiger charge is -1.98. The molecular weight excluding hydrogens is 184 g/mol. The zero-order chi connectivity index (χ0) is 11.4. The summed E-state index contributed by atoms with van der Waals surface area (Å²) in [5.41, 5.74) is 0. The minimum absolute atomic E-state index is 0.266. The molecule has 0 N–H and O–H groups in total. The van der Waals surface area contributed by atoms with Crippen LogP contribution < -0.4 is 0 Å². The number of hydrogen-bond donors (Lipinski definition) is 0. The predicted molar refractivity (Wildman–Crippen MR) is 64.7 cm³/mol. The van der Waals surface area contributed by atoms with Crippen molar-refractivity contribution in [2.45, 2.75) is 59.8 Å². The zero-order valence-electron chi connectivity index (χ0n) is 10.8. The second-order valence-corrected chi connectivity index (χ2v) is 5.90. The normalized spacial score (nSPS) is 20.1. The van der Waals surface area contributed by atoms with E-state index in [1.165, 1.54) is 19.3 Å². The molecule has 0 unspecified atom stereocenters. The Labute approximate surface area is 94.6 Å². The van der Waals surface area contributed by atoms with Gasteiger partial charge in [-0.25, -0.2) is 0 Å². The molecule has 0 aromatic carbocycles. The molecule has 0 heterocycles. The minimum Gasteiger partial charge on any atom is -0.299 e. The molecule has 2 aliphatic rings. The van der Waals surface area contributed by atoms with Crippen LogP contribution in [0.4, 0.5) is 0 Å². The molecule has 0 saturated heterocycles. The molecule has 2 rings (SSSR count). The Morgan fingerprint density at radius 1 is 1.07 bits per heavy atom. The van der Waals surface area contributed by atoms with Crippen molar-refractivity contribution in [3.8, 4) is 0 Å². The maximum Gasteiger partial charge on any atom is 0.138 e. The van der Waals surface area contributed by atoms with Gasteiger partial charge in [-0.1, -0.05) is 40.5 Å². The highest BCUT2D eigenvalue weighted by Crippen LogP contribution is 2.34. The van der Waals surface area contributed by atoms with Crippen molar-refractivity contribution in [3.63, 3.8) is 0 Å². The van der Waals surface area contributed by atoms with Gasteiger partial charge in [0.25, 0.3) is 0 Å². The summed E-state index contributed by atoms with van der Waals surface area (Å²) in [7, 11) is 0. The summed E-state index contributed by atoms with van der Waals surface area (Å²) < 4.78 is 0. The Hall–Kier alpha value is -0.330. The van der Waals surface area contributed by atoms with Crippen LogP contribution in [-0.4, -0.2) is 5.78 Å². The molecule has 0 aromatic heterocycles. The Kier molecular flexibility index (Phi) is 4.82. The SMILES string of the molecule is CC(C)C(=O)C1CC1.CC(C)CC1CC1. The summed E-state index contributed by atoms with van der Waals surface area (Å²) in [5.74, 6) is 3.25. The Balaban J connectivity index is 0.000000151. The molecule has 0 aliphatic heterocycles. The molecule has 2 saturated carbocycles. The Morgan fingerprint density at radius 3 is 1.73 bits per heavy atom. The van der Waals surface area contributed by atoms with Gasteiger partial charge in [-0.15, -0.1) is 0 Å². The predicted octanol–water partition coefficient (Wildman–Crippen LogP) is 4.06. The molecular formula is C14H26O. The number of ketones is 1. The van der Waals surface area contributed by atoms with E-state index in [0.29, 0.717) is 11.7 Å². The van der Waals surface area contributed by atoms with Crippen LogP contribution in [0.2, 0.25) is 0 Å². The first-order chi connectivity index (χ1) is 7.00. The molecule has 0 aromatic rings. The second kappa shape index (κ2) is 5.67. The maximum absolute atomic E-state index is 10.9. The number of rotatable bonds is 4. The lowest BCUT2D eigenvalue weighted by Crippen LogP contribution is -2.08. The van der Waals surface area contributed by atoms with Crippen LogP contribution in [0, 0.1) is 23.7 Å². The van der Waals surface area contributed by atoms with Crippen LogP contribution in [0.25, 0.3) is 0 Å². The van der Waals surface area contributed by atoms with E-state index in [0.717, 1.165) is 24.7 Å². The minimum atomic E-state index is 0.266. The van der Waals surface area contributed by atoms with Crippen molar-refractivity contribution in [1.29, 1.82) is 0 Å². The van der Waals surface area contributed by atoms with E-state index >= 15 is 0 Å². The summed E-state index contributed by atoms with van der Waals surface area (Å²) in [6.07, 6.45) is 6.80. The second-order valence-electron chi connectivity index (χ2n) is 5.90. The molecule has 0 bridgehead atoms. The van der Waals surface area contributed by atoms with Crippen LogP contribution in [0.15, 0.2) is 0 Å². The average molecular weight is 210 g/mol. The van der Waals surface area contributed by atoms with Gasteiger partial charge in [0, 0.05) is 11.8 Å². The standard InChI is InChI=1S/C7H12O.C7H14/c1-5(2)7(8)6-3-4-6;1-6(2)5-7-3-4-7/h5-6H,3-4H2,1-2H3;6-7H,3-5H2,1-2H3. The van der Waals surface area contributed by atoms with Gasteiger partial charge >= 0.3 is 0 Å². The van der Waals surface area contributed by atoms with Crippen molar-refractivity contribution < 1.29 is 4.79 Å². The van der Waals surface area contributed by atoms with E-state index in [-0.39, 0.29) is 5.92 Å². The molecule has 2 fully saturated rings. The van der Waals surface area contributed by atoms with Gasteiger partial charge < -0.3 is 0 Å². The molecule has 15 heavy (non-hydrogen) atoms. The first kappa shape index (κ1) is 12.7. The number of carbonyl (C=O) groups excluding carboxylic acids is 1. The van der Waals surface area contributed by atoms with Gasteiger partial charge in [-0.2, -0.15) is 0 Å². The summed E-state index contributed by atoms with van der Waals surface area (Å²) in [4.78, 5) is 10.9. The topological polar surface area (TPSA) is 17.1 Å². The third-order valence-electron chi connectivity index (χ3n) is 3.05. The number of carbonyl (C=O) groups is 1. The Morgan fingerprint density at radius 2 is 1.60 bits per heavy atom. The lowest BCUT2D eigenvalue weighted by molar-refractivity contribution is -0.123. The molecule has 1 heteroatoms. The fourth-order valence-corrected chi connectivity index (χ4v) is 1.86. The fourth-order valence-electron chi connectivity index (χ4n) is 1.86. The van der Waals surface area contributed by atoms with Gasteiger partial charge in [0.1, 0.15) is 5.78 Å². The van der Waals surface area contributed by atoms with E-state index in [1.807, 2.05) is 13.8 Å². The quantitative estimate of drug-likeness (QED) is 0.683. The van der Waals surface area contributed by atoms with Crippen molar-refractivity contribution in [2.24, 2.45) is 23.7 Å². The average Bonchev–Trinajstić information content (AvgIpc) is 2.97. The highest BCUT2D eigenvalue weighted by molar-refractivity contribution is 5.84. The molecule has 88 valence electrons. The van der Waals surface area contributed by atoms with Crippen molar-refractivity contribution in [2.75, 3.05) is 0 Å². The van der Waals surface area contributed by atoms with E-state index in [2.05, 4.69) is 13.8 Å². The van der Waals surface area contributed by atoms with Crippen LogP contribution >= 0.6 is 0 Å². The molecule has 0 spiro atoms. The summed E-state index contributed by atoms with van der Waals surface area (Å²) >= 11 is 0. The molecule has 0 radical (unpaired) electrons. The largest absolute Gasteiger partial charge is 0.299 e. The summed E-state index contributed by atoms with van der Waals surface area (Å²) in [5, 5.41) is 0. The third-order valence-corrected chi connectivity index (χ3v) is 3.05. The lowest BCUT2D eigenvalue weighted by atomic mass is 10.1. The van der Waals surface area contributed by atoms with Crippen molar-refractivity contribution >= 4 is 5.78 Å². The van der Waals surface area contributed by atoms with E-state index in [1.54, 1.807) is 0 Å². The highest BCUT2D eigenvalue weighted by atomic mass is 16.1. The van der Waals surface area contributed by atoms with Crippen molar-refractivity contribution in [1.82, 2.24) is 0 Å². The number of Topliss-reactive ketones (excluding diaryl/α,β-unsaturated/α-hetero) is 1. The Bertz CT molecular complexity index is 193. The first-order valence-electron chi connectivity index (χ1n) is 6.54. The van der Waals surface area contributed by atoms with Crippen LogP contribution in [0.1, 0.15) is 59.8 Å². The summed E-state index contributed by atoms with van der Waals surface area (Å²) in [6.45, 7) is 8.55. The number of hydrogen-bond acceptors (Lipinski definition) is 1. The zero-order valence-corrected chi connectivity index (χ0v) is 10.8. The van der Waals surface area contributed by atoms with Crippen LogP contribution in [0.3, 0.4) is 0 Å². The van der Waals surface area contributed by atoms with E-state index in [9.17, 15) is 4.79 Å². The summed E-state index contributed by atoms with van der Waals surface area (Å²) in [6, 6.07) is 0. The van der Waals surface area contributed by atoms with Crippen LogP contribution in [0.5, 0.6) is 0 Å². The van der Waals surface area contributed by atoms with Gasteiger partial charge in [0.15, 0.2) is 0 Å². The van der Waals surface area contributed by atoms with E-state index < -0.39 is 0 Å².